The van der Waals surface area contributed by atoms with Crippen LogP contribution in [0.1, 0.15) is 43.6 Å². The largest absolute Gasteiger partial charge is 0.370 e. The summed E-state index contributed by atoms with van der Waals surface area (Å²) in [5, 5.41) is 2.11. The molecule has 0 saturated heterocycles. The number of primary amides is 1. The fourth-order valence-corrected chi connectivity index (χ4v) is 5.95. The molecule has 0 aromatic heterocycles. The number of hydrogen-bond acceptors (Lipinski definition) is 3. The highest BCUT2D eigenvalue weighted by molar-refractivity contribution is 8.01. The molecule has 0 bridgehead atoms. The summed E-state index contributed by atoms with van der Waals surface area (Å²) in [5.41, 5.74) is 8.35. The molecule has 166 valence electrons. The van der Waals surface area contributed by atoms with Crippen molar-refractivity contribution < 1.29 is 9.59 Å². The third kappa shape index (κ3) is 4.64. The fourth-order valence-electron chi connectivity index (χ4n) is 4.25. The molecule has 32 heavy (non-hydrogen) atoms. The topological polar surface area (TPSA) is 63.4 Å². The summed E-state index contributed by atoms with van der Waals surface area (Å²) in [6.07, 6.45) is -0.00682. The zero-order valence-electron chi connectivity index (χ0n) is 18.5. The van der Waals surface area contributed by atoms with Crippen LogP contribution < -0.4 is 10.6 Å². The Morgan fingerprint density at radius 2 is 1.78 bits per heavy atom. The molecule has 0 unspecified atom stereocenters. The average molecular weight is 467 g/mol. The van der Waals surface area contributed by atoms with E-state index in [-0.39, 0.29) is 23.0 Å². The molecule has 2 atom stereocenters. The molecule has 4 rings (SSSR count). The molecule has 1 heterocycles. The summed E-state index contributed by atoms with van der Waals surface area (Å²) in [4.78, 5) is 27.4. The second kappa shape index (κ2) is 8.80. The van der Waals surface area contributed by atoms with Crippen molar-refractivity contribution in [2.75, 3.05) is 11.4 Å². The van der Waals surface area contributed by atoms with E-state index in [0.717, 1.165) is 27.6 Å². The highest BCUT2D eigenvalue weighted by atomic mass is 35.5. The molecule has 0 aliphatic carbocycles. The first-order valence-electron chi connectivity index (χ1n) is 10.7. The fraction of sp³-hybridized carbons (Fsp3) is 0.308. The van der Waals surface area contributed by atoms with E-state index in [0.29, 0.717) is 11.6 Å². The van der Waals surface area contributed by atoms with Crippen molar-refractivity contribution in [3.8, 4) is 0 Å². The van der Waals surface area contributed by atoms with Gasteiger partial charge in [0.15, 0.2) is 0 Å². The second-order valence-corrected chi connectivity index (χ2v) is 11.2. The quantitative estimate of drug-likeness (QED) is 0.516. The molecule has 0 spiro atoms. The predicted octanol–water partition coefficient (Wildman–Crippen LogP) is 5.95. The predicted molar refractivity (Wildman–Crippen MR) is 134 cm³/mol. The van der Waals surface area contributed by atoms with Crippen LogP contribution in [-0.2, 0) is 9.59 Å². The standard InChI is InChI=1S/C26H27ClN2O2S/c1-26(2,3)15-29-21-12-11-17(27)13-20(21)24(32-22(25(29)31)14-23(28)30)19-10-6-8-16-7-4-5-9-18(16)19/h4-13,22,24H,14-15H2,1-3H3,(H2,28,30)/t22-,24-/m1/s1. The zero-order valence-corrected chi connectivity index (χ0v) is 20.0. The van der Waals surface area contributed by atoms with Crippen molar-refractivity contribution in [2.24, 2.45) is 11.1 Å². The Bertz CT molecular complexity index is 1180. The van der Waals surface area contributed by atoms with Crippen LogP contribution in [0, 0.1) is 5.41 Å². The minimum Gasteiger partial charge on any atom is -0.370 e. The van der Waals surface area contributed by atoms with E-state index >= 15 is 0 Å². The smallest absolute Gasteiger partial charge is 0.240 e. The average Bonchev–Trinajstić information content (AvgIpc) is 2.82. The van der Waals surface area contributed by atoms with E-state index < -0.39 is 11.2 Å². The SMILES string of the molecule is CC(C)(C)CN1C(=O)[C@@H](CC(N)=O)S[C@H](c2cccc3ccccc23)c2cc(Cl)ccc21. The third-order valence-electron chi connectivity index (χ3n) is 5.53. The lowest BCUT2D eigenvalue weighted by Crippen LogP contribution is -2.43. The number of fused-ring (bicyclic) bond motifs is 2. The maximum Gasteiger partial charge on any atom is 0.240 e. The van der Waals surface area contributed by atoms with E-state index in [1.165, 1.54) is 11.8 Å². The van der Waals surface area contributed by atoms with Gasteiger partial charge in [-0.25, -0.2) is 0 Å². The molecule has 1 aliphatic rings. The third-order valence-corrected chi connectivity index (χ3v) is 7.24. The highest BCUT2D eigenvalue weighted by Gasteiger charge is 2.38. The number of benzene rings is 3. The lowest BCUT2D eigenvalue weighted by Gasteiger charge is -2.31. The van der Waals surface area contributed by atoms with Crippen LogP contribution in [0.3, 0.4) is 0 Å². The molecule has 6 heteroatoms. The molecule has 0 radical (unpaired) electrons. The molecule has 2 N–H and O–H groups in total. The van der Waals surface area contributed by atoms with Gasteiger partial charge < -0.3 is 10.6 Å². The number of halogens is 1. The van der Waals surface area contributed by atoms with Crippen LogP contribution >= 0.6 is 23.4 Å². The van der Waals surface area contributed by atoms with E-state index in [9.17, 15) is 9.59 Å². The number of amides is 2. The number of thioether (sulfide) groups is 1. The van der Waals surface area contributed by atoms with E-state index in [4.69, 9.17) is 17.3 Å². The molecular formula is C26H27ClN2O2S. The van der Waals surface area contributed by atoms with Crippen molar-refractivity contribution >= 4 is 51.6 Å². The Labute approximate surface area is 198 Å². The Kier molecular flexibility index (Phi) is 6.24. The normalized spacial score (nSPS) is 19.0. The van der Waals surface area contributed by atoms with Gasteiger partial charge in [0.25, 0.3) is 0 Å². The van der Waals surface area contributed by atoms with Crippen molar-refractivity contribution in [3.63, 3.8) is 0 Å². The van der Waals surface area contributed by atoms with Crippen molar-refractivity contribution in [3.05, 3.63) is 76.8 Å². The summed E-state index contributed by atoms with van der Waals surface area (Å²) >= 11 is 7.94. The lowest BCUT2D eigenvalue weighted by molar-refractivity contribution is -0.123. The zero-order chi connectivity index (χ0) is 23.0. The summed E-state index contributed by atoms with van der Waals surface area (Å²) in [5.74, 6) is -0.567. The Balaban J connectivity index is 1.96. The van der Waals surface area contributed by atoms with Crippen LogP contribution in [0.2, 0.25) is 5.02 Å². The van der Waals surface area contributed by atoms with Gasteiger partial charge in [0.2, 0.25) is 11.8 Å². The number of carbonyl (C=O) groups is 2. The number of rotatable bonds is 4. The summed E-state index contributed by atoms with van der Waals surface area (Å²) in [7, 11) is 0. The van der Waals surface area contributed by atoms with Crippen LogP contribution in [-0.4, -0.2) is 23.6 Å². The number of nitrogens with zero attached hydrogens (tertiary/aromatic N) is 1. The minimum atomic E-state index is -0.579. The molecule has 1 aliphatic heterocycles. The van der Waals surface area contributed by atoms with Crippen LogP contribution in [0.15, 0.2) is 60.7 Å². The Morgan fingerprint density at radius 3 is 2.50 bits per heavy atom. The van der Waals surface area contributed by atoms with Crippen molar-refractivity contribution in [1.29, 1.82) is 0 Å². The number of hydrogen-bond donors (Lipinski definition) is 1. The monoisotopic (exact) mass is 466 g/mol. The van der Waals surface area contributed by atoms with Gasteiger partial charge in [-0.2, -0.15) is 0 Å². The van der Waals surface area contributed by atoms with Gasteiger partial charge in [-0.05, 0) is 45.5 Å². The van der Waals surface area contributed by atoms with Gasteiger partial charge in [-0.3, -0.25) is 9.59 Å². The first-order valence-corrected chi connectivity index (χ1v) is 12.0. The van der Waals surface area contributed by atoms with Gasteiger partial charge in [-0.15, -0.1) is 11.8 Å². The number of nitrogens with two attached hydrogens (primary N) is 1. The van der Waals surface area contributed by atoms with Crippen LogP contribution in [0.25, 0.3) is 10.8 Å². The molecule has 0 fully saturated rings. The first-order chi connectivity index (χ1) is 15.1. The molecule has 4 nitrogen and oxygen atoms in total. The van der Waals surface area contributed by atoms with Gasteiger partial charge in [0, 0.05) is 23.7 Å². The molecular weight excluding hydrogens is 440 g/mol. The summed E-state index contributed by atoms with van der Waals surface area (Å²) in [6.45, 7) is 6.82. The summed E-state index contributed by atoms with van der Waals surface area (Å²) < 4.78 is 0. The van der Waals surface area contributed by atoms with Gasteiger partial charge in [0.05, 0.1) is 10.5 Å². The highest BCUT2D eigenvalue weighted by Crippen LogP contribution is 2.49. The lowest BCUT2D eigenvalue weighted by atomic mass is 9.93. The Hall–Kier alpha value is -2.50. The second-order valence-electron chi connectivity index (χ2n) is 9.43. The molecule has 3 aromatic carbocycles. The van der Waals surface area contributed by atoms with E-state index in [2.05, 4.69) is 45.0 Å². The van der Waals surface area contributed by atoms with Gasteiger partial charge in [0.1, 0.15) is 0 Å². The first kappa shape index (κ1) is 22.7. The van der Waals surface area contributed by atoms with Crippen molar-refractivity contribution in [1.82, 2.24) is 0 Å². The van der Waals surface area contributed by atoms with Crippen LogP contribution in [0.4, 0.5) is 5.69 Å². The van der Waals surface area contributed by atoms with Gasteiger partial charge in [-0.1, -0.05) is 74.8 Å². The summed E-state index contributed by atoms with van der Waals surface area (Å²) in [6, 6.07) is 20.1. The molecule has 0 saturated carbocycles. The van der Waals surface area contributed by atoms with E-state index in [1.807, 2.05) is 41.3 Å². The maximum atomic E-state index is 13.7. The maximum absolute atomic E-state index is 13.7. The number of anilines is 1. The number of carbonyl (C=O) groups excluding carboxylic acids is 2. The van der Waals surface area contributed by atoms with Gasteiger partial charge >= 0.3 is 0 Å². The van der Waals surface area contributed by atoms with E-state index in [1.54, 1.807) is 0 Å². The molecule has 2 amide bonds. The Morgan fingerprint density at radius 1 is 1.06 bits per heavy atom. The molecule has 3 aromatic rings. The van der Waals surface area contributed by atoms with Crippen molar-refractivity contribution in [2.45, 2.75) is 37.7 Å². The van der Waals surface area contributed by atoms with Crippen LogP contribution in [0.5, 0.6) is 0 Å². The minimum absolute atomic E-state index is 0.00682.